The predicted octanol–water partition coefficient (Wildman–Crippen LogP) is 3.44. The molecule has 2 N–H and O–H groups in total. The standard InChI is InChI=1S/C24H23N3O4S/c1-2-25-32(30,31)21-13-9-18(10-14-21)23(28)26-20-11-7-19(8-12-20)24(29)27-16-15-17-5-3-4-6-22(17)27/h3-14,25H,2,15-16H2,1H3,(H,26,28). The summed E-state index contributed by atoms with van der Waals surface area (Å²) in [6.45, 7) is 2.63. The molecule has 8 heteroatoms. The zero-order valence-electron chi connectivity index (χ0n) is 17.5. The largest absolute Gasteiger partial charge is 0.322 e. The molecule has 0 saturated carbocycles. The molecule has 1 heterocycles. The van der Waals surface area contributed by atoms with Crippen molar-refractivity contribution in [3.63, 3.8) is 0 Å². The highest BCUT2D eigenvalue weighted by molar-refractivity contribution is 7.89. The van der Waals surface area contributed by atoms with E-state index in [1.165, 1.54) is 24.3 Å². The molecule has 1 aliphatic heterocycles. The van der Waals surface area contributed by atoms with Gasteiger partial charge in [-0.1, -0.05) is 25.1 Å². The molecule has 164 valence electrons. The minimum absolute atomic E-state index is 0.0784. The van der Waals surface area contributed by atoms with Crippen LogP contribution >= 0.6 is 0 Å². The van der Waals surface area contributed by atoms with Crippen molar-refractivity contribution >= 4 is 33.2 Å². The molecule has 0 radical (unpaired) electrons. The van der Waals surface area contributed by atoms with Gasteiger partial charge in [0.25, 0.3) is 11.8 Å². The van der Waals surface area contributed by atoms with E-state index in [0.29, 0.717) is 23.4 Å². The van der Waals surface area contributed by atoms with Crippen molar-refractivity contribution in [1.82, 2.24) is 4.72 Å². The van der Waals surface area contributed by atoms with Gasteiger partial charge in [-0.2, -0.15) is 0 Å². The topological polar surface area (TPSA) is 95.6 Å². The van der Waals surface area contributed by atoms with Crippen LogP contribution < -0.4 is 14.9 Å². The first-order chi connectivity index (χ1) is 15.4. The summed E-state index contributed by atoms with van der Waals surface area (Å²) in [6, 6.07) is 20.3. The first-order valence-electron chi connectivity index (χ1n) is 10.3. The molecule has 2 amide bonds. The van der Waals surface area contributed by atoms with Gasteiger partial charge in [0.15, 0.2) is 0 Å². The Hall–Kier alpha value is -3.49. The monoisotopic (exact) mass is 449 g/mol. The molecule has 0 aromatic heterocycles. The summed E-state index contributed by atoms with van der Waals surface area (Å²) in [7, 11) is -3.57. The van der Waals surface area contributed by atoms with Crippen LogP contribution in [-0.2, 0) is 16.4 Å². The molecule has 7 nitrogen and oxygen atoms in total. The van der Waals surface area contributed by atoms with Crippen molar-refractivity contribution in [3.05, 3.63) is 89.5 Å². The SMILES string of the molecule is CCNS(=O)(=O)c1ccc(C(=O)Nc2ccc(C(=O)N3CCc4ccccc43)cc2)cc1. The van der Waals surface area contributed by atoms with Gasteiger partial charge in [0.2, 0.25) is 10.0 Å². The number of para-hydroxylation sites is 1. The third-order valence-corrected chi connectivity index (χ3v) is 6.84. The van der Waals surface area contributed by atoms with Gasteiger partial charge in [-0.25, -0.2) is 13.1 Å². The summed E-state index contributed by atoms with van der Waals surface area (Å²) in [6.07, 6.45) is 0.838. The lowest BCUT2D eigenvalue weighted by atomic mass is 10.1. The molecule has 0 unspecified atom stereocenters. The van der Waals surface area contributed by atoms with Crippen molar-refractivity contribution in [2.24, 2.45) is 0 Å². The number of carbonyl (C=O) groups is 2. The number of nitrogens with one attached hydrogen (secondary N) is 2. The fourth-order valence-electron chi connectivity index (χ4n) is 3.66. The zero-order chi connectivity index (χ0) is 22.7. The van der Waals surface area contributed by atoms with Crippen molar-refractivity contribution in [1.29, 1.82) is 0 Å². The second-order valence-electron chi connectivity index (χ2n) is 7.39. The molecule has 0 spiro atoms. The number of hydrogen-bond acceptors (Lipinski definition) is 4. The highest BCUT2D eigenvalue weighted by atomic mass is 32.2. The Bertz CT molecular complexity index is 1250. The summed E-state index contributed by atoms with van der Waals surface area (Å²) in [5.41, 5.74) is 3.51. The lowest BCUT2D eigenvalue weighted by molar-refractivity contribution is 0.0988. The van der Waals surface area contributed by atoms with E-state index in [-0.39, 0.29) is 23.3 Å². The minimum atomic E-state index is -3.57. The Morgan fingerprint density at radius 3 is 2.25 bits per heavy atom. The fourth-order valence-corrected chi connectivity index (χ4v) is 4.70. The number of nitrogens with zero attached hydrogens (tertiary/aromatic N) is 1. The molecule has 0 saturated heterocycles. The number of benzene rings is 3. The summed E-state index contributed by atoms with van der Waals surface area (Å²) >= 11 is 0. The van der Waals surface area contributed by atoms with Crippen LogP contribution in [0.3, 0.4) is 0 Å². The van der Waals surface area contributed by atoms with Crippen LogP contribution in [0.1, 0.15) is 33.2 Å². The van der Waals surface area contributed by atoms with E-state index in [1.54, 1.807) is 36.1 Å². The number of sulfonamides is 1. The van der Waals surface area contributed by atoms with Gasteiger partial charge in [0.05, 0.1) is 4.90 Å². The molecule has 4 rings (SSSR count). The van der Waals surface area contributed by atoms with Crippen molar-refractivity contribution < 1.29 is 18.0 Å². The third kappa shape index (κ3) is 4.42. The maximum absolute atomic E-state index is 12.9. The van der Waals surface area contributed by atoms with Crippen LogP contribution in [0.4, 0.5) is 11.4 Å². The van der Waals surface area contributed by atoms with Gasteiger partial charge >= 0.3 is 0 Å². The van der Waals surface area contributed by atoms with Gasteiger partial charge in [0.1, 0.15) is 0 Å². The van der Waals surface area contributed by atoms with E-state index in [4.69, 9.17) is 0 Å². The van der Waals surface area contributed by atoms with E-state index >= 15 is 0 Å². The Morgan fingerprint density at radius 1 is 0.906 bits per heavy atom. The second-order valence-corrected chi connectivity index (χ2v) is 9.16. The Morgan fingerprint density at radius 2 is 1.56 bits per heavy atom. The van der Waals surface area contributed by atoms with Gasteiger partial charge in [-0.15, -0.1) is 0 Å². The van der Waals surface area contributed by atoms with E-state index in [0.717, 1.165) is 17.7 Å². The normalized spacial score (nSPS) is 13.0. The lowest BCUT2D eigenvalue weighted by Crippen LogP contribution is -2.28. The molecular formula is C24H23N3O4S. The summed E-state index contributed by atoms with van der Waals surface area (Å²) in [5.74, 6) is -0.449. The van der Waals surface area contributed by atoms with Crippen LogP contribution in [0.25, 0.3) is 0 Å². The molecule has 0 bridgehead atoms. The molecular weight excluding hydrogens is 426 g/mol. The van der Waals surface area contributed by atoms with Crippen LogP contribution in [0.2, 0.25) is 0 Å². The summed E-state index contributed by atoms with van der Waals surface area (Å²) < 4.78 is 26.4. The maximum atomic E-state index is 12.9. The first kappa shape index (κ1) is 21.7. The van der Waals surface area contributed by atoms with Crippen molar-refractivity contribution in [2.75, 3.05) is 23.3 Å². The smallest absolute Gasteiger partial charge is 0.258 e. The fraction of sp³-hybridized carbons (Fsp3) is 0.167. The Balaban J connectivity index is 1.43. The molecule has 0 aliphatic carbocycles. The number of carbonyl (C=O) groups excluding carboxylic acids is 2. The maximum Gasteiger partial charge on any atom is 0.258 e. The Labute approximate surface area is 187 Å². The van der Waals surface area contributed by atoms with E-state index in [9.17, 15) is 18.0 Å². The van der Waals surface area contributed by atoms with Crippen LogP contribution in [0.5, 0.6) is 0 Å². The van der Waals surface area contributed by atoms with Crippen LogP contribution in [0.15, 0.2) is 77.7 Å². The second kappa shape index (κ2) is 8.94. The van der Waals surface area contributed by atoms with E-state index in [2.05, 4.69) is 10.0 Å². The molecule has 0 atom stereocenters. The van der Waals surface area contributed by atoms with E-state index < -0.39 is 10.0 Å². The average Bonchev–Trinajstić information content (AvgIpc) is 3.23. The van der Waals surface area contributed by atoms with E-state index in [1.807, 2.05) is 24.3 Å². The number of amides is 2. The lowest BCUT2D eigenvalue weighted by Gasteiger charge is -2.17. The number of rotatable bonds is 6. The van der Waals surface area contributed by atoms with Gasteiger partial charge in [-0.3, -0.25) is 9.59 Å². The van der Waals surface area contributed by atoms with Gasteiger partial charge in [0, 0.05) is 35.6 Å². The minimum Gasteiger partial charge on any atom is -0.322 e. The molecule has 32 heavy (non-hydrogen) atoms. The average molecular weight is 450 g/mol. The predicted molar refractivity (Wildman–Crippen MR) is 124 cm³/mol. The van der Waals surface area contributed by atoms with Gasteiger partial charge in [-0.05, 0) is 66.6 Å². The molecule has 3 aromatic carbocycles. The number of anilines is 2. The Kier molecular flexibility index (Phi) is 6.07. The zero-order valence-corrected chi connectivity index (χ0v) is 18.4. The van der Waals surface area contributed by atoms with Gasteiger partial charge < -0.3 is 10.2 Å². The number of hydrogen-bond donors (Lipinski definition) is 2. The quantitative estimate of drug-likeness (QED) is 0.603. The molecule has 0 fully saturated rings. The van der Waals surface area contributed by atoms with Crippen LogP contribution in [0, 0.1) is 0 Å². The third-order valence-electron chi connectivity index (χ3n) is 5.28. The van der Waals surface area contributed by atoms with Crippen molar-refractivity contribution in [3.8, 4) is 0 Å². The molecule has 1 aliphatic rings. The van der Waals surface area contributed by atoms with Crippen LogP contribution in [-0.4, -0.2) is 33.3 Å². The van der Waals surface area contributed by atoms with Crippen molar-refractivity contribution in [2.45, 2.75) is 18.2 Å². The first-order valence-corrected chi connectivity index (χ1v) is 11.8. The highest BCUT2D eigenvalue weighted by Gasteiger charge is 2.25. The molecule has 3 aromatic rings. The number of fused-ring (bicyclic) bond motifs is 1. The summed E-state index contributed by atoms with van der Waals surface area (Å²) in [5, 5.41) is 2.76. The summed E-state index contributed by atoms with van der Waals surface area (Å²) in [4.78, 5) is 27.3. The highest BCUT2D eigenvalue weighted by Crippen LogP contribution is 2.29.